The van der Waals surface area contributed by atoms with Crippen LogP contribution in [0.3, 0.4) is 0 Å². The van der Waals surface area contributed by atoms with E-state index in [1.165, 1.54) is 5.56 Å². The zero-order valence-electron chi connectivity index (χ0n) is 16.6. The van der Waals surface area contributed by atoms with Gasteiger partial charge >= 0.3 is 11.9 Å². The Morgan fingerprint density at radius 3 is 2.55 bits per heavy atom. The fraction of sp³-hybridized carbons (Fsp3) is 0.280. The lowest BCUT2D eigenvalue weighted by Crippen LogP contribution is -2.38. The van der Waals surface area contributed by atoms with Gasteiger partial charge in [0.15, 0.2) is 0 Å². The second kappa shape index (κ2) is 7.36. The highest BCUT2D eigenvalue weighted by atomic mass is 16.5. The van der Waals surface area contributed by atoms with Crippen molar-refractivity contribution in [1.82, 2.24) is 0 Å². The summed E-state index contributed by atoms with van der Waals surface area (Å²) in [4.78, 5) is 24.3. The van der Waals surface area contributed by atoms with E-state index >= 15 is 0 Å². The Bertz CT molecular complexity index is 1090. The van der Waals surface area contributed by atoms with E-state index in [2.05, 4.69) is 13.0 Å². The quantitative estimate of drug-likeness (QED) is 0.467. The predicted molar refractivity (Wildman–Crippen MR) is 112 cm³/mol. The van der Waals surface area contributed by atoms with Gasteiger partial charge in [-0.3, -0.25) is 4.79 Å². The first-order valence-corrected chi connectivity index (χ1v) is 10.00. The third-order valence-corrected chi connectivity index (χ3v) is 6.29. The van der Waals surface area contributed by atoms with E-state index in [9.17, 15) is 14.7 Å². The van der Waals surface area contributed by atoms with Crippen molar-refractivity contribution in [2.45, 2.75) is 39.0 Å². The van der Waals surface area contributed by atoms with Crippen LogP contribution in [0.1, 0.15) is 54.1 Å². The number of hydrogen-bond acceptors (Lipinski definition) is 3. The van der Waals surface area contributed by atoms with Gasteiger partial charge in [-0.25, -0.2) is 4.79 Å². The zero-order valence-corrected chi connectivity index (χ0v) is 16.6. The van der Waals surface area contributed by atoms with Crippen molar-refractivity contribution in [3.8, 4) is 5.75 Å². The monoisotopic (exact) mass is 388 g/mol. The zero-order chi connectivity index (χ0) is 20.6. The van der Waals surface area contributed by atoms with Crippen LogP contribution in [0, 0.1) is 5.41 Å². The first-order chi connectivity index (χ1) is 13.9. The fourth-order valence-corrected chi connectivity index (χ4v) is 4.63. The van der Waals surface area contributed by atoms with E-state index in [0.717, 1.165) is 29.2 Å². The van der Waals surface area contributed by atoms with E-state index in [4.69, 9.17) is 4.74 Å². The lowest BCUT2D eigenvalue weighted by molar-refractivity contribution is -0.150. The van der Waals surface area contributed by atoms with Crippen molar-refractivity contribution in [3.05, 3.63) is 77.4 Å². The van der Waals surface area contributed by atoms with Crippen LogP contribution in [0.25, 0.3) is 10.8 Å². The number of benzene rings is 3. The molecule has 4 heteroatoms. The van der Waals surface area contributed by atoms with Crippen molar-refractivity contribution < 1.29 is 19.4 Å². The number of ether oxygens (including phenoxy) is 1. The van der Waals surface area contributed by atoms with Crippen LogP contribution in [0.5, 0.6) is 5.75 Å². The van der Waals surface area contributed by atoms with Crippen LogP contribution >= 0.6 is 0 Å². The van der Waals surface area contributed by atoms with Crippen LogP contribution in [0.2, 0.25) is 0 Å². The number of aliphatic carboxylic acids is 1. The Kier molecular flexibility index (Phi) is 4.87. The largest absolute Gasteiger partial charge is 0.481 e. The summed E-state index contributed by atoms with van der Waals surface area (Å²) >= 11 is 0. The van der Waals surface area contributed by atoms with Gasteiger partial charge in [-0.05, 0) is 78.3 Å². The Labute approximate surface area is 170 Å². The lowest BCUT2D eigenvalue weighted by atomic mass is 9.63. The van der Waals surface area contributed by atoms with E-state index in [0.29, 0.717) is 17.7 Å². The molecule has 1 aliphatic carbocycles. The Morgan fingerprint density at radius 1 is 1.10 bits per heavy atom. The number of carboxylic acids is 1. The van der Waals surface area contributed by atoms with Crippen molar-refractivity contribution in [1.29, 1.82) is 0 Å². The summed E-state index contributed by atoms with van der Waals surface area (Å²) in [5, 5.41) is 11.9. The normalized spacial score (nSPS) is 20.8. The van der Waals surface area contributed by atoms with E-state index in [1.54, 1.807) is 24.3 Å². The third kappa shape index (κ3) is 3.29. The van der Waals surface area contributed by atoms with Crippen LogP contribution in [-0.2, 0) is 11.2 Å². The van der Waals surface area contributed by atoms with Crippen LogP contribution < -0.4 is 4.74 Å². The maximum Gasteiger partial charge on any atom is 0.343 e. The highest BCUT2D eigenvalue weighted by Gasteiger charge is 2.44. The lowest BCUT2D eigenvalue weighted by Gasteiger charge is -2.39. The molecular formula is C25H24O4. The molecular weight excluding hydrogens is 364 g/mol. The number of carbonyl (C=O) groups excluding carboxylic acids is 1. The van der Waals surface area contributed by atoms with Crippen LogP contribution in [-0.4, -0.2) is 17.0 Å². The minimum atomic E-state index is -0.736. The molecule has 4 rings (SSSR count). The first-order valence-electron chi connectivity index (χ1n) is 10.00. The predicted octanol–water partition coefficient (Wildman–Crippen LogP) is 5.59. The summed E-state index contributed by atoms with van der Waals surface area (Å²) in [5.74, 6) is -0.613. The average Bonchev–Trinajstić information content (AvgIpc) is 2.73. The van der Waals surface area contributed by atoms with Crippen LogP contribution in [0.15, 0.2) is 60.7 Å². The Morgan fingerprint density at radius 2 is 1.86 bits per heavy atom. The summed E-state index contributed by atoms with van der Waals surface area (Å²) in [6, 6.07) is 18.6. The van der Waals surface area contributed by atoms with Crippen molar-refractivity contribution >= 4 is 22.7 Å². The molecule has 0 spiro atoms. The third-order valence-electron chi connectivity index (χ3n) is 6.29. The highest BCUT2D eigenvalue weighted by molar-refractivity contribution is 5.93. The van der Waals surface area contributed by atoms with Gasteiger partial charge in [0, 0.05) is 0 Å². The maximum atomic E-state index is 12.3. The number of rotatable bonds is 4. The number of carboxylic acid groups (broad SMARTS) is 1. The van der Waals surface area contributed by atoms with Gasteiger partial charge in [-0.2, -0.15) is 0 Å². The molecule has 3 aromatic carbocycles. The molecule has 0 bridgehead atoms. The molecule has 2 unspecified atom stereocenters. The summed E-state index contributed by atoms with van der Waals surface area (Å²) in [6.45, 7) is 3.92. The molecule has 2 atom stereocenters. The summed E-state index contributed by atoms with van der Waals surface area (Å²) in [6.07, 6.45) is 2.14. The molecule has 29 heavy (non-hydrogen) atoms. The van der Waals surface area contributed by atoms with Gasteiger partial charge in [0.1, 0.15) is 5.75 Å². The highest BCUT2D eigenvalue weighted by Crippen LogP contribution is 2.49. The standard InChI is InChI=1S/C25H24O4/c1-3-22-21-11-9-17-15-18(29-23(26)16-7-5-4-6-8-16)10-12-19(17)20(21)13-14-25(22,2)24(27)28/h4-12,15,22H,3,13-14H2,1-2H3,(H,27,28). The van der Waals surface area contributed by atoms with Gasteiger partial charge in [0.05, 0.1) is 11.0 Å². The Balaban J connectivity index is 1.69. The smallest absolute Gasteiger partial charge is 0.343 e. The van der Waals surface area contributed by atoms with Crippen molar-refractivity contribution in [2.24, 2.45) is 5.41 Å². The molecule has 0 amide bonds. The molecule has 0 saturated heterocycles. The topological polar surface area (TPSA) is 63.6 Å². The van der Waals surface area contributed by atoms with Gasteiger partial charge in [-0.1, -0.05) is 43.3 Å². The molecule has 0 fully saturated rings. The molecule has 148 valence electrons. The van der Waals surface area contributed by atoms with Gasteiger partial charge < -0.3 is 9.84 Å². The fourth-order valence-electron chi connectivity index (χ4n) is 4.63. The second-order valence-electron chi connectivity index (χ2n) is 7.96. The second-order valence-corrected chi connectivity index (χ2v) is 7.96. The molecule has 3 aromatic rings. The minimum Gasteiger partial charge on any atom is -0.481 e. The maximum absolute atomic E-state index is 12.3. The molecule has 0 heterocycles. The number of carbonyl (C=O) groups is 2. The summed E-state index contributed by atoms with van der Waals surface area (Å²) in [5.41, 5.74) is 2.12. The van der Waals surface area contributed by atoms with E-state index in [1.807, 2.05) is 37.3 Å². The van der Waals surface area contributed by atoms with E-state index in [-0.39, 0.29) is 11.9 Å². The molecule has 0 saturated carbocycles. The molecule has 1 N–H and O–H groups in total. The van der Waals surface area contributed by atoms with Gasteiger partial charge in [0.25, 0.3) is 0 Å². The Hall–Kier alpha value is -3.14. The molecule has 0 aromatic heterocycles. The summed E-state index contributed by atoms with van der Waals surface area (Å²) in [7, 11) is 0. The SMILES string of the molecule is CCC1c2ccc3cc(OC(=O)c4ccccc4)ccc3c2CCC1(C)C(=O)O. The first kappa shape index (κ1) is 19.2. The number of esters is 1. The number of fused-ring (bicyclic) bond motifs is 3. The van der Waals surface area contributed by atoms with Gasteiger partial charge in [-0.15, -0.1) is 0 Å². The summed E-state index contributed by atoms with van der Waals surface area (Å²) < 4.78 is 5.54. The average molecular weight is 388 g/mol. The van der Waals surface area contributed by atoms with Crippen molar-refractivity contribution in [2.75, 3.05) is 0 Å². The van der Waals surface area contributed by atoms with Crippen LogP contribution in [0.4, 0.5) is 0 Å². The number of hydrogen-bond donors (Lipinski definition) is 1. The molecule has 0 radical (unpaired) electrons. The van der Waals surface area contributed by atoms with Crippen molar-refractivity contribution in [3.63, 3.8) is 0 Å². The minimum absolute atomic E-state index is 0.0104. The molecule has 1 aliphatic rings. The molecule has 4 nitrogen and oxygen atoms in total. The van der Waals surface area contributed by atoms with E-state index < -0.39 is 11.4 Å². The molecule has 0 aliphatic heterocycles. The number of aryl methyl sites for hydroxylation is 1. The van der Waals surface area contributed by atoms with Gasteiger partial charge in [0.2, 0.25) is 0 Å².